The number of aliphatic hydroxyl groups is 1. The van der Waals surface area contributed by atoms with Gasteiger partial charge in [0.15, 0.2) is 0 Å². The van der Waals surface area contributed by atoms with Crippen molar-refractivity contribution in [2.24, 2.45) is 0 Å². The van der Waals surface area contributed by atoms with E-state index in [1.54, 1.807) is 12.1 Å². The highest BCUT2D eigenvalue weighted by Gasteiger charge is 2.37. The van der Waals surface area contributed by atoms with Gasteiger partial charge in [-0.1, -0.05) is 12.1 Å². The maximum atomic E-state index is 12.0. The van der Waals surface area contributed by atoms with Gasteiger partial charge in [-0.2, -0.15) is 0 Å². The van der Waals surface area contributed by atoms with E-state index in [0.29, 0.717) is 5.56 Å². The minimum absolute atomic E-state index is 0.0792. The van der Waals surface area contributed by atoms with E-state index in [1.807, 2.05) is 0 Å². The third-order valence-electron chi connectivity index (χ3n) is 2.44. The van der Waals surface area contributed by atoms with Gasteiger partial charge < -0.3 is 5.11 Å². The van der Waals surface area contributed by atoms with Crippen molar-refractivity contribution < 1.29 is 13.5 Å². The second-order valence-corrected chi connectivity index (χ2v) is 6.16. The van der Waals surface area contributed by atoms with Crippen molar-refractivity contribution >= 4 is 21.8 Å². The maximum absolute atomic E-state index is 12.0. The van der Waals surface area contributed by atoms with Crippen LogP contribution in [0.15, 0.2) is 29.2 Å². The number of sulfonamides is 1. The van der Waals surface area contributed by atoms with Crippen LogP contribution in [0.3, 0.4) is 0 Å². The van der Waals surface area contributed by atoms with E-state index in [-0.39, 0.29) is 17.5 Å². The molecule has 1 aromatic rings. The summed E-state index contributed by atoms with van der Waals surface area (Å²) in [5, 5.41) is 8.95. The van der Waals surface area contributed by atoms with Crippen LogP contribution in [-0.2, 0) is 16.6 Å². The van der Waals surface area contributed by atoms with Crippen LogP contribution in [0.1, 0.15) is 18.4 Å². The number of halogens is 1. The lowest BCUT2D eigenvalue weighted by molar-refractivity contribution is 0.281. The fraction of sp³-hybridized carbons (Fsp3) is 0.400. The predicted molar refractivity (Wildman–Crippen MR) is 60.3 cm³/mol. The molecule has 0 heterocycles. The molecule has 0 bridgehead atoms. The molecule has 88 valence electrons. The molecule has 0 atom stereocenters. The zero-order valence-corrected chi connectivity index (χ0v) is 10.1. The lowest BCUT2D eigenvalue weighted by atomic mass is 10.2. The number of hydrogen-bond acceptors (Lipinski definition) is 3. The summed E-state index contributed by atoms with van der Waals surface area (Å²) in [6.45, 7) is -0.185. The Morgan fingerprint density at radius 2 is 2.12 bits per heavy atom. The largest absolute Gasteiger partial charge is 0.392 e. The molecule has 0 aliphatic heterocycles. The van der Waals surface area contributed by atoms with E-state index in [0.717, 1.165) is 16.7 Å². The van der Waals surface area contributed by atoms with E-state index in [9.17, 15) is 8.42 Å². The van der Waals surface area contributed by atoms with Crippen molar-refractivity contribution in [2.75, 3.05) is 0 Å². The molecule has 0 saturated heterocycles. The zero-order valence-electron chi connectivity index (χ0n) is 8.51. The number of hydrogen-bond donors (Lipinski definition) is 1. The van der Waals surface area contributed by atoms with Crippen molar-refractivity contribution in [1.29, 1.82) is 0 Å². The summed E-state index contributed by atoms with van der Waals surface area (Å²) in [5.41, 5.74) is 0.557. The van der Waals surface area contributed by atoms with Crippen LogP contribution in [0, 0.1) is 0 Å². The van der Waals surface area contributed by atoms with Gasteiger partial charge in [0.25, 0.3) is 10.0 Å². The first-order chi connectivity index (χ1) is 7.55. The molecule has 0 aromatic heterocycles. The first-order valence-corrected chi connectivity index (χ1v) is 6.73. The van der Waals surface area contributed by atoms with E-state index >= 15 is 0 Å². The van der Waals surface area contributed by atoms with Gasteiger partial charge in [-0.15, -0.1) is 3.82 Å². The van der Waals surface area contributed by atoms with Gasteiger partial charge in [-0.05, 0) is 42.3 Å². The number of rotatable bonds is 4. The predicted octanol–water partition coefficient (Wildman–Crippen LogP) is 1.49. The summed E-state index contributed by atoms with van der Waals surface area (Å²) in [4.78, 5) is 0.126. The standard InChI is InChI=1S/C10H12ClNO3S/c11-12(9-4-5-9)16(14,15)10-3-1-2-8(6-10)7-13/h1-3,6,9,13H,4-5,7H2. The SMILES string of the molecule is O=S(=O)(c1cccc(CO)c1)N(Cl)C1CC1. The summed E-state index contributed by atoms with van der Waals surface area (Å²) in [6.07, 6.45) is 1.62. The second-order valence-electron chi connectivity index (χ2n) is 3.78. The maximum Gasteiger partial charge on any atom is 0.256 e. The molecular weight excluding hydrogens is 250 g/mol. The first kappa shape index (κ1) is 11.9. The molecule has 2 rings (SSSR count). The van der Waals surface area contributed by atoms with Crippen molar-refractivity contribution in [3.8, 4) is 0 Å². The van der Waals surface area contributed by atoms with Crippen LogP contribution >= 0.6 is 11.8 Å². The van der Waals surface area contributed by atoms with Gasteiger partial charge in [0.2, 0.25) is 0 Å². The Bertz CT molecular complexity index is 485. The average Bonchev–Trinajstić information content (AvgIpc) is 3.12. The minimum Gasteiger partial charge on any atom is -0.392 e. The van der Waals surface area contributed by atoms with Crippen LogP contribution in [0.2, 0.25) is 0 Å². The zero-order chi connectivity index (χ0) is 11.8. The summed E-state index contributed by atoms with van der Waals surface area (Å²) in [5.74, 6) is 0. The highest BCUT2D eigenvalue weighted by molar-refractivity contribution is 7.90. The molecule has 1 aliphatic rings. The van der Waals surface area contributed by atoms with Crippen molar-refractivity contribution in [3.05, 3.63) is 29.8 Å². The molecule has 1 N–H and O–H groups in total. The Morgan fingerprint density at radius 3 is 2.69 bits per heavy atom. The fourth-order valence-electron chi connectivity index (χ4n) is 1.38. The van der Waals surface area contributed by atoms with Gasteiger partial charge >= 0.3 is 0 Å². The summed E-state index contributed by atoms with van der Waals surface area (Å²) >= 11 is 5.78. The topological polar surface area (TPSA) is 57.6 Å². The molecule has 0 spiro atoms. The van der Waals surface area contributed by atoms with Crippen LogP contribution in [0.5, 0.6) is 0 Å². The quantitative estimate of drug-likeness (QED) is 0.836. The molecule has 16 heavy (non-hydrogen) atoms. The lowest BCUT2D eigenvalue weighted by Crippen LogP contribution is -2.24. The van der Waals surface area contributed by atoms with Gasteiger partial charge in [-0.3, -0.25) is 0 Å². The van der Waals surface area contributed by atoms with E-state index < -0.39 is 10.0 Å². The number of nitrogens with zero attached hydrogens (tertiary/aromatic N) is 1. The average molecular weight is 262 g/mol. The number of aliphatic hydroxyl groups excluding tert-OH is 1. The van der Waals surface area contributed by atoms with E-state index in [2.05, 4.69) is 0 Å². The Hall–Kier alpha value is -0.620. The van der Waals surface area contributed by atoms with Gasteiger partial charge in [-0.25, -0.2) is 8.42 Å². The monoisotopic (exact) mass is 261 g/mol. The summed E-state index contributed by atoms with van der Waals surface area (Å²) in [7, 11) is -3.62. The lowest BCUT2D eigenvalue weighted by Gasteiger charge is -2.13. The molecule has 1 saturated carbocycles. The van der Waals surface area contributed by atoms with E-state index in [4.69, 9.17) is 16.9 Å². The normalized spacial score (nSPS) is 16.7. The molecule has 1 aromatic carbocycles. The Labute approximate surface area is 99.6 Å². The van der Waals surface area contributed by atoms with Gasteiger partial charge in [0, 0.05) is 6.04 Å². The third-order valence-corrected chi connectivity index (χ3v) is 4.87. The summed E-state index contributed by atoms with van der Waals surface area (Å²) in [6, 6.07) is 6.09. The molecule has 6 heteroatoms. The van der Waals surface area contributed by atoms with Crippen LogP contribution < -0.4 is 0 Å². The molecule has 0 unspecified atom stereocenters. The highest BCUT2D eigenvalue weighted by Crippen LogP contribution is 2.33. The van der Waals surface area contributed by atoms with Crippen LogP contribution in [0.4, 0.5) is 0 Å². The third kappa shape index (κ3) is 2.22. The molecule has 1 aliphatic carbocycles. The summed E-state index contributed by atoms with van der Waals surface area (Å²) < 4.78 is 24.9. The Morgan fingerprint density at radius 1 is 1.44 bits per heavy atom. The second kappa shape index (κ2) is 4.33. The Balaban J connectivity index is 2.34. The molecular formula is C10H12ClNO3S. The van der Waals surface area contributed by atoms with Crippen molar-refractivity contribution in [2.45, 2.75) is 30.4 Å². The molecule has 0 amide bonds. The van der Waals surface area contributed by atoms with E-state index in [1.165, 1.54) is 12.1 Å². The smallest absolute Gasteiger partial charge is 0.256 e. The van der Waals surface area contributed by atoms with Crippen LogP contribution in [0.25, 0.3) is 0 Å². The first-order valence-electron chi connectivity index (χ1n) is 4.95. The van der Waals surface area contributed by atoms with Crippen molar-refractivity contribution in [1.82, 2.24) is 3.82 Å². The minimum atomic E-state index is -3.62. The highest BCUT2D eigenvalue weighted by atomic mass is 35.5. The molecule has 0 radical (unpaired) electrons. The number of benzene rings is 1. The Kier molecular flexibility index (Phi) is 3.21. The van der Waals surface area contributed by atoms with Gasteiger partial charge in [0.1, 0.15) is 0 Å². The van der Waals surface area contributed by atoms with Crippen molar-refractivity contribution in [3.63, 3.8) is 0 Å². The fourth-order valence-corrected chi connectivity index (χ4v) is 3.17. The van der Waals surface area contributed by atoms with Gasteiger partial charge in [0.05, 0.1) is 11.5 Å². The molecule has 1 fully saturated rings. The molecule has 4 nitrogen and oxygen atoms in total. The van der Waals surface area contributed by atoms with Crippen LogP contribution in [-0.4, -0.2) is 23.4 Å².